The second-order valence-corrected chi connectivity index (χ2v) is 19.6. The highest BCUT2D eigenvalue weighted by Gasteiger charge is 2.66. The van der Waals surface area contributed by atoms with Crippen molar-refractivity contribution < 1.29 is 28.5 Å². The Morgan fingerprint density at radius 2 is 1.35 bits per heavy atom. The van der Waals surface area contributed by atoms with Crippen LogP contribution in [-0.2, 0) is 28.5 Å². The predicted molar refractivity (Wildman–Crippen MR) is 276 cm³/mol. The van der Waals surface area contributed by atoms with Crippen LogP contribution in [0.1, 0.15) is 143 Å². The third-order valence-electron chi connectivity index (χ3n) is 15.7. The van der Waals surface area contributed by atoms with Crippen molar-refractivity contribution >= 4 is 49.0 Å². The van der Waals surface area contributed by atoms with Crippen LogP contribution in [0.4, 0.5) is 0 Å². The van der Waals surface area contributed by atoms with Gasteiger partial charge in [0.2, 0.25) is 11.8 Å². The number of nitrogens with two attached hydrogens (primary N) is 4. The van der Waals surface area contributed by atoms with Gasteiger partial charge in [0.25, 0.3) is 0 Å². The Bertz CT molecular complexity index is 1330. The summed E-state index contributed by atoms with van der Waals surface area (Å²) < 4.78 is 25.1. The number of unbranched alkanes of at least 4 members (excludes halogenated alkanes) is 5. The summed E-state index contributed by atoms with van der Waals surface area (Å²) in [5, 5.41) is 0. The molecule has 65 heavy (non-hydrogen) atoms. The Kier molecular flexibility index (Phi) is 33.5. The number of halogens is 3. The molecule has 14 heteroatoms. The maximum Gasteiger partial charge on any atom is 0.245 e. The zero-order valence-electron chi connectivity index (χ0n) is 41.1. The zero-order chi connectivity index (χ0) is 45.5. The monoisotopic (exact) mass is 980 g/mol. The molecule has 1 saturated heterocycles. The topological polar surface area (TPSA) is 182 Å². The summed E-state index contributed by atoms with van der Waals surface area (Å²) in [7, 11) is 0. The van der Waals surface area contributed by atoms with Gasteiger partial charge in [0.15, 0.2) is 0 Å². The number of epoxide rings is 1. The van der Waals surface area contributed by atoms with Crippen molar-refractivity contribution in [3.63, 3.8) is 0 Å². The molecule has 4 aliphatic carbocycles. The standard InChI is InChI=1S/C44H82N4O4.C4H6O.C3H5NO.3ClH/c1-6-8-9-10-11-12-25-48(41(49)7-2)26-13-17-33(3)36-18-19-37-42-38(32-40(44(36,37)5)52-29-16-24-47)43(4)21-20-35(50-27-14-22-45)30-34(43)31-39(42)51-28-15-23-46;1-2-4-3-5-4;1-2-3(4)5;;;/h7,33-40,42H,2,6,8-32,45-47H2,1,3-5H3;2,4H,1,3H2;2H,1H2,(H2,4,5);3*1H/t33-,34?,35-,36-,37+,38+,39-,40+,42?,43+,44-;;;;;/m1...../s1. The van der Waals surface area contributed by atoms with Gasteiger partial charge >= 0.3 is 0 Å². The highest BCUT2D eigenvalue weighted by molar-refractivity contribution is 5.87. The van der Waals surface area contributed by atoms with Crippen LogP contribution in [0, 0.1) is 46.3 Å². The Hall–Kier alpha value is -1.25. The van der Waals surface area contributed by atoms with Crippen LogP contribution in [-0.4, -0.2) is 100 Å². The first-order valence-corrected chi connectivity index (χ1v) is 24.9. The molecule has 0 aromatic heterocycles. The number of hydrogen-bond donors (Lipinski definition) is 4. The molecule has 5 aliphatic rings. The molecule has 0 bridgehead atoms. The molecule has 5 fully saturated rings. The second-order valence-electron chi connectivity index (χ2n) is 19.6. The zero-order valence-corrected chi connectivity index (χ0v) is 43.6. The van der Waals surface area contributed by atoms with Crippen molar-refractivity contribution in [3.8, 4) is 0 Å². The lowest BCUT2D eigenvalue weighted by Crippen LogP contribution is -2.63. The summed E-state index contributed by atoms with van der Waals surface area (Å²) in [5.74, 6) is 3.05. The van der Waals surface area contributed by atoms with E-state index >= 15 is 0 Å². The summed E-state index contributed by atoms with van der Waals surface area (Å²) in [5.41, 5.74) is 22.7. The van der Waals surface area contributed by atoms with E-state index in [1.165, 1.54) is 57.4 Å². The van der Waals surface area contributed by atoms with Crippen LogP contribution in [0.5, 0.6) is 0 Å². The number of carbonyl (C=O) groups is 2. The number of rotatable bonds is 27. The van der Waals surface area contributed by atoms with E-state index in [0.717, 1.165) is 110 Å². The first-order valence-electron chi connectivity index (χ1n) is 24.9. The van der Waals surface area contributed by atoms with Gasteiger partial charge in [0, 0.05) is 38.3 Å². The fourth-order valence-corrected chi connectivity index (χ4v) is 12.1. The van der Waals surface area contributed by atoms with Gasteiger partial charge in [-0.3, -0.25) is 9.59 Å². The van der Waals surface area contributed by atoms with Gasteiger partial charge in [-0.2, -0.15) is 0 Å². The molecule has 0 aromatic rings. The van der Waals surface area contributed by atoms with Gasteiger partial charge in [-0.1, -0.05) is 79.0 Å². The first-order chi connectivity index (χ1) is 29.9. The molecule has 3 unspecified atom stereocenters. The van der Waals surface area contributed by atoms with Gasteiger partial charge < -0.3 is 46.8 Å². The highest BCUT2D eigenvalue weighted by Crippen LogP contribution is 2.69. The van der Waals surface area contributed by atoms with E-state index in [2.05, 4.69) is 58.1 Å². The molecule has 2 amide bonds. The van der Waals surface area contributed by atoms with E-state index < -0.39 is 5.91 Å². The van der Waals surface area contributed by atoms with E-state index in [0.29, 0.717) is 67.3 Å². The van der Waals surface area contributed by atoms with Crippen molar-refractivity contribution in [2.45, 2.75) is 168 Å². The Morgan fingerprint density at radius 1 is 0.769 bits per heavy atom. The van der Waals surface area contributed by atoms with E-state index in [4.69, 9.17) is 36.1 Å². The van der Waals surface area contributed by atoms with Gasteiger partial charge in [-0.25, -0.2) is 0 Å². The molecule has 1 heterocycles. The molecule has 0 spiro atoms. The van der Waals surface area contributed by atoms with Crippen molar-refractivity contribution in [2.24, 2.45) is 69.3 Å². The second kappa shape index (κ2) is 34.1. The van der Waals surface area contributed by atoms with Gasteiger partial charge in [-0.15, -0.1) is 43.8 Å². The molecule has 0 radical (unpaired) electrons. The highest BCUT2D eigenvalue weighted by atomic mass is 35.5. The molecule has 382 valence electrons. The number of ether oxygens (including phenoxy) is 4. The smallest absolute Gasteiger partial charge is 0.245 e. The third-order valence-corrected chi connectivity index (χ3v) is 15.7. The van der Waals surface area contributed by atoms with Crippen LogP contribution in [0.15, 0.2) is 38.0 Å². The average molecular weight is 982 g/mol. The summed E-state index contributed by atoms with van der Waals surface area (Å²) in [6, 6.07) is 0. The van der Waals surface area contributed by atoms with Crippen LogP contribution in [0.2, 0.25) is 0 Å². The summed E-state index contributed by atoms with van der Waals surface area (Å²) in [6.07, 6.45) is 26.2. The minimum Gasteiger partial charge on any atom is -0.378 e. The fourth-order valence-electron chi connectivity index (χ4n) is 12.1. The quantitative estimate of drug-likeness (QED) is 0.0270. The van der Waals surface area contributed by atoms with Gasteiger partial charge in [0.1, 0.15) is 0 Å². The Balaban J connectivity index is 0.00000280. The summed E-state index contributed by atoms with van der Waals surface area (Å²) in [6.45, 7) is 27.2. The van der Waals surface area contributed by atoms with Crippen molar-refractivity contribution in [1.82, 2.24) is 4.90 Å². The average Bonchev–Trinajstić information content (AvgIpc) is 4.05. The van der Waals surface area contributed by atoms with Crippen LogP contribution in [0.25, 0.3) is 0 Å². The maximum absolute atomic E-state index is 12.8. The largest absolute Gasteiger partial charge is 0.378 e. The third kappa shape index (κ3) is 19.2. The molecule has 12 atom stereocenters. The lowest BCUT2D eigenvalue weighted by Gasteiger charge is -2.65. The van der Waals surface area contributed by atoms with Gasteiger partial charge in [-0.05, 0) is 156 Å². The Morgan fingerprint density at radius 3 is 1.91 bits per heavy atom. The molecule has 4 saturated carbocycles. The van der Waals surface area contributed by atoms with Crippen molar-refractivity contribution in [2.75, 3.05) is 59.2 Å². The summed E-state index contributed by atoms with van der Waals surface area (Å²) in [4.78, 5) is 24.4. The molecule has 11 nitrogen and oxygen atoms in total. The van der Waals surface area contributed by atoms with E-state index in [-0.39, 0.29) is 66.2 Å². The molecule has 1 aliphatic heterocycles. The van der Waals surface area contributed by atoms with E-state index in [1.54, 1.807) is 6.08 Å². The maximum atomic E-state index is 12.8. The van der Waals surface area contributed by atoms with Crippen LogP contribution < -0.4 is 22.9 Å². The van der Waals surface area contributed by atoms with Crippen LogP contribution >= 0.6 is 37.2 Å². The van der Waals surface area contributed by atoms with Crippen molar-refractivity contribution in [1.29, 1.82) is 0 Å². The number of primary amides is 1. The number of hydrogen-bond acceptors (Lipinski definition) is 9. The molecule has 0 aromatic carbocycles. The minimum absolute atomic E-state index is 0. The van der Waals surface area contributed by atoms with Crippen LogP contribution in [0.3, 0.4) is 0 Å². The lowest BCUT2D eigenvalue weighted by atomic mass is 9.43. The number of nitrogens with zero attached hydrogens (tertiary/aromatic N) is 1. The fraction of sp³-hybridized carbons (Fsp3) is 0.843. The predicted octanol–water partition coefficient (Wildman–Crippen LogP) is 9.35. The van der Waals surface area contributed by atoms with Crippen molar-refractivity contribution in [3.05, 3.63) is 38.0 Å². The Labute approximate surface area is 414 Å². The number of fused-ring (bicyclic) bond motifs is 5. The van der Waals surface area contributed by atoms with Gasteiger partial charge in [0.05, 0.1) is 31.0 Å². The number of carbonyl (C=O) groups excluding carboxylic acids is 2. The summed E-state index contributed by atoms with van der Waals surface area (Å²) >= 11 is 0. The first kappa shape index (κ1) is 63.8. The molecular formula is C51H96Cl3N5O6. The van der Waals surface area contributed by atoms with E-state index in [9.17, 15) is 9.59 Å². The number of amides is 2. The SMILES string of the molecule is C=CC(=O)N(CCCCCCCC)CCC[C@@H](C)[C@H]1CC[C@H]2C3[C@H](OCCCN)CC4C[C@H](OCCCN)CC[C@]4(C)[C@H]3C[C@H](OCCCN)[C@]12C.C=CC(N)=O.C=CC1CO1.Cl.Cl.Cl. The molecular weight excluding hydrogens is 885 g/mol. The minimum atomic E-state index is -0.481. The normalized spacial score (nSPS) is 30.8. The molecule has 5 rings (SSSR count). The van der Waals surface area contributed by atoms with E-state index in [1.807, 2.05) is 0 Å². The lowest BCUT2D eigenvalue weighted by molar-refractivity contribution is -0.227. The molecule has 8 N–H and O–H groups in total.